The van der Waals surface area contributed by atoms with E-state index in [0.29, 0.717) is 21.9 Å². The van der Waals surface area contributed by atoms with E-state index in [1.165, 1.54) is 38.0 Å². The Kier molecular flexibility index (Phi) is 5.20. The molecule has 1 aromatic carbocycles. The van der Waals surface area contributed by atoms with E-state index in [0.717, 1.165) is 15.7 Å². The summed E-state index contributed by atoms with van der Waals surface area (Å²) < 4.78 is 33.2. The van der Waals surface area contributed by atoms with Crippen LogP contribution in [0.3, 0.4) is 0 Å². The third-order valence-electron chi connectivity index (χ3n) is 4.52. The summed E-state index contributed by atoms with van der Waals surface area (Å²) in [6.07, 6.45) is 0. The summed E-state index contributed by atoms with van der Waals surface area (Å²) >= 11 is 1.20. The van der Waals surface area contributed by atoms with Crippen LogP contribution in [0.15, 0.2) is 38.8 Å². The molecule has 0 saturated carbocycles. The minimum atomic E-state index is -3.54. The van der Waals surface area contributed by atoms with Gasteiger partial charge in [-0.15, -0.1) is 0 Å². The van der Waals surface area contributed by atoms with E-state index in [9.17, 15) is 13.2 Å². The molecule has 0 N–H and O–H groups in total. The summed E-state index contributed by atoms with van der Waals surface area (Å²) in [5.41, 5.74) is 3.57. The van der Waals surface area contributed by atoms with E-state index in [-0.39, 0.29) is 16.4 Å². The van der Waals surface area contributed by atoms with Crippen molar-refractivity contribution in [3.63, 3.8) is 0 Å². The maximum atomic E-state index is 12.5. The molecule has 0 amide bonds. The van der Waals surface area contributed by atoms with Gasteiger partial charge >= 0.3 is 0 Å². The summed E-state index contributed by atoms with van der Waals surface area (Å²) in [6.45, 7) is 3.87. The average Bonchev–Trinajstić information content (AvgIpc) is 3.14. The lowest BCUT2D eigenvalue weighted by Gasteiger charge is -2.10. The minimum Gasteiger partial charge on any atom is -0.431 e. The first-order valence-electron chi connectivity index (χ1n) is 8.23. The van der Waals surface area contributed by atoms with Crippen molar-refractivity contribution < 1.29 is 17.6 Å². The van der Waals surface area contributed by atoms with Crippen LogP contribution in [0.2, 0.25) is 0 Å². The minimum absolute atomic E-state index is 0.000620. The monoisotopic (exact) mass is 407 g/mol. The second kappa shape index (κ2) is 7.14. The van der Waals surface area contributed by atoms with Gasteiger partial charge in [0.1, 0.15) is 5.52 Å². The molecule has 0 unspecified atom stereocenters. The van der Waals surface area contributed by atoms with Gasteiger partial charge in [0.05, 0.1) is 10.6 Å². The van der Waals surface area contributed by atoms with Crippen LogP contribution in [0.5, 0.6) is 0 Å². The molecule has 144 valence electrons. The average molecular weight is 408 g/mol. The first-order valence-corrected chi connectivity index (χ1v) is 10.7. The van der Waals surface area contributed by atoms with E-state index in [4.69, 9.17) is 4.42 Å². The number of ketones is 1. The van der Waals surface area contributed by atoms with E-state index in [1.807, 2.05) is 31.5 Å². The summed E-state index contributed by atoms with van der Waals surface area (Å²) in [7, 11) is 1.34. The Hall–Kier alpha value is -2.10. The number of carbonyl (C=O) groups is 1. The normalized spacial score (nSPS) is 12.2. The number of benzene rings is 1. The Bertz CT molecular complexity index is 1130. The maximum Gasteiger partial charge on any atom is 0.257 e. The zero-order valence-corrected chi connectivity index (χ0v) is 17.4. The van der Waals surface area contributed by atoms with E-state index in [1.54, 1.807) is 6.07 Å². The highest BCUT2D eigenvalue weighted by molar-refractivity contribution is 7.99. The zero-order valence-electron chi connectivity index (χ0n) is 15.8. The van der Waals surface area contributed by atoms with Crippen LogP contribution in [0.4, 0.5) is 0 Å². The van der Waals surface area contributed by atoms with Gasteiger partial charge in [0, 0.05) is 38.1 Å². The van der Waals surface area contributed by atoms with Crippen molar-refractivity contribution in [3.8, 4) is 0 Å². The van der Waals surface area contributed by atoms with Gasteiger partial charge in [-0.3, -0.25) is 4.79 Å². The summed E-state index contributed by atoms with van der Waals surface area (Å²) in [5.74, 6) is 0.194. The Morgan fingerprint density at radius 2 is 1.96 bits per heavy atom. The smallest absolute Gasteiger partial charge is 0.257 e. The Morgan fingerprint density at radius 3 is 2.56 bits per heavy atom. The van der Waals surface area contributed by atoms with E-state index in [2.05, 4.69) is 4.98 Å². The van der Waals surface area contributed by atoms with E-state index >= 15 is 0 Å². The number of fused-ring (bicyclic) bond motifs is 1. The van der Waals surface area contributed by atoms with Gasteiger partial charge < -0.3 is 8.98 Å². The number of aromatic nitrogens is 2. The molecular formula is C18H21N3O4S2. The van der Waals surface area contributed by atoms with Crippen LogP contribution in [-0.2, 0) is 17.1 Å². The molecule has 9 heteroatoms. The zero-order chi connectivity index (χ0) is 19.9. The summed E-state index contributed by atoms with van der Waals surface area (Å²) in [4.78, 5) is 17.0. The van der Waals surface area contributed by atoms with Crippen LogP contribution in [0.25, 0.3) is 11.1 Å². The lowest BCUT2D eigenvalue weighted by molar-refractivity contribution is 0.102. The summed E-state index contributed by atoms with van der Waals surface area (Å²) in [6, 6.07) is 6.42. The second-order valence-electron chi connectivity index (χ2n) is 6.45. The van der Waals surface area contributed by atoms with Gasteiger partial charge in [0.2, 0.25) is 10.0 Å². The highest BCUT2D eigenvalue weighted by Gasteiger charge is 2.20. The van der Waals surface area contributed by atoms with Crippen molar-refractivity contribution in [2.45, 2.75) is 24.0 Å². The Labute approximate surface area is 162 Å². The summed E-state index contributed by atoms with van der Waals surface area (Å²) in [5, 5.41) is 0.336. The number of sulfonamides is 1. The van der Waals surface area contributed by atoms with Crippen LogP contribution >= 0.6 is 11.8 Å². The number of rotatable bonds is 6. The molecular weight excluding hydrogens is 386 g/mol. The van der Waals surface area contributed by atoms with Crippen LogP contribution in [-0.4, -0.2) is 47.9 Å². The molecule has 3 rings (SSSR count). The van der Waals surface area contributed by atoms with Gasteiger partial charge in [-0.25, -0.2) is 17.7 Å². The van der Waals surface area contributed by atoms with Crippen molar-refractivity contribution in [1.29, 1.82) is 0 Å². The number of thioether (sulfide) groups is 1. The van der Waals surface area contributed by atoms with Gasteiger partial charge in [-0.2, -0.15) is 0 Å². The Morgan fingerprint density at radius 1 is 1.26 bits per heavy atom. The molecule has 0 aliphatic rings. The molecule has 0 bridgehead atoms. The molecule has 0 radical (unpaired) electrons. The molecule has 0 atom stereocenters. The molecule has 2 heterocycles. The highest BCUT2D eigenvalue weighted by atomic mass is 32.2. The molecule has 2 aromatic heterocycles. The number of hydrogen-bond donors (Lipinski definition) is 0. The van der Waals surface area contributed by atoms with Crippen LogP contribution in [0.1, 0.15) is 21.7 Å². The first-order chi connectivity index (χ1) is 12.6. The van der Waals surface area contributed by atoms with Crippen molar-refractivity contribution in [2.24, 2.45) is 7.05 Å². The van der Waals surface area contributed by atoms with E-state index < -0.39 is 10.0 Å². The second-order valence-corrected chi connectivity index (χ2v) is 9.53. The number of carbonyl (C=O) groups excluding carboxylic acids is 1. The molecule has 0 aliphatic carbocycles. The lowest BCUT2D eigenvalue weighted by atomic mass is 10.2. The molecule has 0 fully saturated rings. The first kappa shape index (κ1) is 19.7. The number of aryl methyl sites for hydroxylation is 1. The predicted molar refractivity (Wildman–Crippen MR) is 105 cm³/mol. The van der Waals surface area contributed by atoms with Crippen LogP contribution in [0, 0.1) is 13.8 Å². The SMILES string of the molecule is Cc1cc(C(=O)CSc2nc3cc(S(=O)(=O)N(C)C)ccc3o2)c(C)n1C. The standard InChI is InChI=1S/C18H21N3O4S2/c1-11-8-14(12(2)21(11)5)16(22)10-26-18-19-15-9-13(6-7-17(15)25-18)27(23,24)20(3)4/h6-9H,10H2,1-5H3. The largest absolute Gasteiger partial charge is 0.431 e. The lowest BCUT2D eigenvalue weighted by Crippen LogP contribution is -2.22. The fraction of sp³-hybridized carbons (Fsp3) is 0.333. The highest BCUT2D eigenvalue weighted by Crippen LogP contribution is 2.27. The molecule has 7 nitrogen and oxygen atoms in total. The van der Waals surface area contributed by atoms with Gasteiger partial charge in [-0.1, -0.05) is 11.8 Å². The van der Waals surface area contributed by atoms with Crippen molar-refractivity contribution in [1.82, 2.24) is 13.9 Å². The van der Waals surface area contributed by atoms with Crippen molar-refractivity contribution in [3.05, 3.63) is 41.2 Å². The predicted octanol–water partition coefficient (Wildman–Crippen LogP) is 3.01. The molecule has 27 heavy (non-hydrogen) atoms. The molecule has 0 aliphatic heterocycles. The Balaban J connectivity index is 1.80. The van der Waals surface area contributed by atoms with Crippen molar-refractivity contribution in [2.75, 3.05) is 19.8 Å². The van der Waals surface area contributed by atoms with Gasteiger partial charge in [0.15, 0.2) is 11.4 Å². The fourth-order valence-corrected chi connectivity index (χ4v) is 4.31. The number of nitrogens with zero attached hydrogens (tertiary/aromatic N) is 3. The third kappa shape index (κ3) is 3.67. The third-order valence-corrected chi connectivity index (χ3v) is 7.16. The molecule has 0 saturated heterocycles. The number of Topliss-reactive ketones (excluding diaryl/α,β-unsaturated/α-hetero) is 1. The quantitative estimate of drug-likeness (QED) is 0.461. The number of hydrogen-bond acceptors (Lipinski definition) is 6. The van der Waals surface area contributed by atoms with Gasteiger partial charge in [0.25, 0.3) is 5.22 Å². The molecule has 3 aromatic rings. The topological polar surface area (TPSA) is 85.4 Å². The molecule has 0 spiro atoms. The van der Waals surface area contributed by atoms with Crippen molar-refractivity contribution >= 4 is 38.7 Å². The maximum absolute atomic E-state index is 12.5. The van der Waals surface area contributed by atoms with Crippen LogP contribution < -0.4 is 0 Å². The van der Waals surface area contributed by atoms with Gasteiger partial charge in [-0.05, 0) is 38.1 Å². The fourth-order valence-electron chi connectivity index (χ4n) is 2.66. The number of oxazole rings is 1.